The monoisotopic (exact) mass is 322 g/mol. The molecule has 4 aromatic carbocycles. The number of hydrogen-bond donors (Lipinski definition) is 2. The molecule has 0 unspecified atom stereocenters. The van der Waals surface area contributed by atoms with E-state index in [4.69, 9.17) is 0 Å². The topological polar surface area (TPSA) is 40.5 Å². The third kappa shape index (κ3) is 2.33. The number of phenols is 2. The third-order valence-electron chi connectivity index (χ3n) is 4.12. The largest absolute Gasteiger partial charge is 0.507 e. The summed E-state index contributed by atoms with van der Waals surface area (Å²) < 4.78 is 27.0. The maximum Gasteiger partial charge on any atom is 0.127 e. The van der Waals surface area contributed by atoms with Gasteiger partial charge < -0.3 is 10.2 Å². The van der Waals surface area contributed by atoms with Crippen LogP contribution < -0.4 is 0 Å². The van der Waals surface area contributed by atoms with E-state index in [0.29, 0.717) is 27.1 Å². The molecule has 0 aliphatic carbocycles. The molecule has 0 atom stereocenters. The molecule has 0 heterocycles. The maximum absolute atomic E-state index is 13.5. The minimum Gasteiger partial charge on any atom is -0.507 e. The predicted octanol–water partition coefficient (Wildman–Crippen LogP) is 5.35. The Hall–Kier alpha value is -3.14. The molecule has 0 fully saturated rings. The standard InChI is InChI=1S/C20H12F2O2/c21-15-2-4-18-14(7-15)6-12(9-19(18)23)11-1-3-17-13(5-11)8-16(22)10-20(17)24/h1-10,23-24H. The van der Waals surface area contributed by atoms with Crippen LogP contribution >= 0.6 is 0 Å². The van der Waals surface area contributed by atoms with Gasteiger partial charge in [0.1, 0.15) is 23.1 Å². The summed E-state index contributed by atoms with van der Waals surface area (Å²) in [6.07, 6.45) is 0. The van der Waals surface area contributed by atoms with Crippen LogP contribution in [0, 0.1) is 11.6 Å². The highest BCUT2D eigenvalue weighted by Crippen LogP contribution is 2.35. The molecule has 0 radical (unpaired) electrons. The van der Waals surface area contributed by atoms with Crippen LogP contribution in [0.1, 0.15) is 0 Å². The molecule has 0 spiro atoms. The van der Waals surface area contributed by atoms with Crippen molar-refractivity contribution in [2.45, 2.75) is 0 Å². The van der Waals surface area contributed by atoms with Gasteiger partial charge in [0, 0.05) is 16.8 Å². The van der Waals surface area contributed by atoms with Gasteiger partial charge in [0.2, 0.25) is 0 Å². The van der Waals surface area contributed by atoms with Gasteiger partial charge in [-0.3, -0.25) is 0 Å². The summed E-state index contributed by atoms with van der Waals surface area (Å²) in [6, 6.07) is 15.1. The fourth-order valence-corrected chi connectivity index (χ4v) is 2.98. The predicted molar refractivity (Wildman–Crippen MR) is 90.1 cm³/mol. The Labute approximate surface area is 136 Å². The van der Waals surface area contributed by atoms with Crippen molar-refractivity contribution in [2.24, 2.45) is 0 Å². The quantitative estimate of drug-likeness (QED) is 0.496. The zero-order valence-corrected chi connectivity index (χ0v) is 12.4. The van der Waals surface area contributed by atoms with Crippen molar-refractivity contribution in [1.82, 2.24) is 0 Å². The molecule has 4 rings (SSSR count). The van der Waals surface area contributed by atoms with Crippen LogP contribution in [0.25, 0.3) is 32.7 Å². The van der Waals surface area contributed by atoms with Gasteiger partial charge in [-0.1, -0.05) is 12.1 Å². The SMILES string of the molecule is Oc1cc(F)cc2cc(-c3cc(O)c4ccc(F)cc4c3)ccc12. The van der Waals surface area contributed by atoms with E-state index in [2.05, 4.69) is 0 Å². The van der Waals surface area contributed by atoms with E-state index >= 15 is 0 Å². The summed E-state index contributed by atoms with van der Waals surface area (Å²) in [5, 5.41) is 22.2. The smallest absolute Gasteiger partial charge is 0.127 e. The van der Waals surface area contributed by atoms with E-state index in [9.17, 15) is 19.0 Å². The summed E-state index contributed by atoms with van der Waals surface area (Å²) in [6.45, 7) is 0. The molecule has 0 aromatic heterocycles. The van der Waals surface area contributed by atoms with Crippen LogP contribution in [0.5, 0.6) is 11.5 Å². The average molecular weight is 322 g/mol. The lowest BCUT2D eigenvalue weighted by molar-refractivity contribution is 0.475. The van der Waals surface area contributed by atoms with Crippen LogP contribution in [0.2, 0.25) is 0 Å². The number of hydrogen-bond acceptors (Lipinski definition) is 2. The molecular weight excluding hydrogens is 310 g/mol. The molecule has 24 heavy (non-hydrogen) atoms. The Morgan fingerprint density at radius 3 is 1.88 bits per heavy atom. The highest BCUT2D eigenvalue weighted by atomic mass is 19.1. The molecule has 2 nitrogen and oxygen atoms in total. The molecular formula is C20H12F2O2. The first-order valence-electron chi connectivity index (χ1n) is 7.36. The molecule has 0 aliphatic heterocycles. The molecule has 0 saturated heterocycles. The van der Waals surface area contributed by atoms with E-state index in [1.807, 2.05) is 0 Å². The van der Waals surface area contributed by atoms with E-state index in [1.54, 1.807) is 30.3 Å². The minimum atomic E-state index is -0.527. The zero-order chi connectivity index (χ0) is 16.8. The molecule has 0 aliphatic rings. The summed E-state index contributed by atoms with van der Waals surface area (Å²) in [7, 11) is 0. The number of halogens is 2. The zero-order valence-electron chi connectivity index (χ0n) is 12.4. The second-order valence-electron chi connectivity index (χ2n) is 5.72. The van der Waals surface area contributed by atoms with E-state index in [-0.39, 0.29) is 17.3 Å². The van der Waals surface area contributed by atoms with Gasteiger partial charge in [-0.25, -0.2) is 8.78 Å². The highest BCUT2D eigenvalue weighted by Gasteiger charge is 2.09. The normalized spacial score (nSPS) is 11.2. The lowest BCUT2D eigenvalue weighted by atomic mass is 9.97. The third-order valence-corrected chi connectivity index (χ3v) is 4.12. The summed E-state index contributed by atoms with van der Waals surface area (Å²) >= 11 is 0. The number of rotatable bonds is 1. The maximum atomic E-state index is 13.5. The van der Waals surface area contributed by atoms with Gasteiger partial charge in [-0.2, -0.15) is 0 Å². The molecule has 4 heteroatoms. The second kappa shape index (κ2) is 5.20. The van der Waals surface area contributed by atoms with Crippen molar-refractivity contribution in [3.63, 3.8) is 0 Å². The van der Waals surface area contributed by atoms with Crippen molar-refractivity contribution >= 4 is 21.5 Å². The van der Waals surface area contributed by atoms with Crippen LogP contribution in [0.15, 0.2) is 60.7 Å². The Kier molecular flexibility index (Phi) is 3.13. The average Bonchev–Trinajstić information content (AvgIpc) is 2.53. The van der Waals surface area contributed by atoms with Crippen LogP contribution in [-0.4, -0.2) is 10.2 Å². The van der Waals surface area contributed by atoms with Crippen molar-refractivity contribution in [1.29, 1.82) is 0 Å². The number of fused-ring (bicyclic) bond motifs is 2. The molecule has 2 N–H and O–H groups in total. The van der Waals surface area contributed by atoms with Gasteiger partial charge in [0.15, 0.2) is 0 Å². The Morgan fingerprint density at radius 1 is 0.542 bits per heavy atom. The fraction of sp³-hybridized carbons (Fsp3) is 0. The first-order chi connectivity index (χ1) is 11.5. The molecule has 0 bridgehead atoms. The highest BCUT2D eigenvalue weighted by molar-refractivity contribution is 5.95. The Balaban J connectivity index is 1.95. The fourth-order valence-electron chi connectivity index (χ4n) is 2.98. The summed E-state index contributed by atoms with van der Waals surface area (Å²) in [5.74, 6) is -0.991. The second-order valence-corrected chi connectivity index (χ2v) is 5.72. The molecule has 118 valence electrons. The van der Waals surface area contributed by atoms with Gasteiger partial charge in [-0.05, 0) is 64.4 Å². The van der Waals surface area contributed by atoms with Gasteiger partial charge in [-0.15, -0.1) is 0 Å². The van der Waals surface area contributed by atoms with Crippen LogP contribution in [-0.2, 0) is 0 Å². The van der Waals surface area contributed by atoms with Crippen molar-refractivity contribution in [3.05, 3.63) is 72.3 Å². The number of benzene rings is 4. The van der Waals surface area contributed by atoms with E-state index in [0.717, 1.165) is 11.6 Å². The molecule has 0 saturated carbocycles. The van der Waals surface area contributed by atoms with Crippen molar-refractivity contribution < 1.29 is 19.0 Å². The first kappa shape index (κ1) is 14.5. The van der Waals surface area contributed by atoms with E-state index in [1.165, 1.54) is 24.3 Å². The molecule has 4 aromatic rings. The summed E-state index contributed by atoms with van der Waals surface area (Å²) in [5.41, 5.74) is 1.41. The summed E-state index contributed by atoms with van der Waals surface area (Å²) in [4.78, 5) is 0. The molecule has 0 amide bonds. The van der Waals surface area contributed by atoms with Crippen LogP contribution in [0.3, 0.4) is 0 Å². The van der Waals surface area contributed by atoms with Crippen LogP contribution in [0.4, 0.5) is 8.78 Å². The van der Waals surface area contributed by atoms with Gasteiger partial charge >= 0.3 is 0 Å². The minimum absolute atomic E-state index is 0.0460. The van der Waals surface area contributed by atoms with Crippen molar-refractivity contribution in [2.75, 3.05) is 0 Å². The van der Waals surface area contributed by atoms with E-state index < -0.39 is 5.82 Å². The number of aromatic hydroxyl groups is 2. The van der Waals surface area contributed by atoms with Gasteiger partial charge in [0.05, 0.1) is 0 Å². The number of phenolic OH excluding ortho intramolecular Hbond substituents is 2. The Morgan fingerprint density at radius 2 is 1.12 bits per heavy atom. The lowest BCUT2D eigenvalue weighted by Gasteiger charge is -2.09. The Bertz CT molecular complexity index is 1100. The lowest BCUT2D eigenvalue weighted by Crippen LogP contribution is -1.84. The van der Waals surface area contributed by atoms with Crippen molar-refractivity contribution in [3.8, 4) is 22.6 Å². The van der Waals surface area contributed by atoms with Gasteiger partial charge in [0.25, 0.3) is 0 Å². The first-order valence-corrected chi connectivity index (χ1v) is 7.36.